The fourth-order valence-corrected chi connectivity index (χ4v) is 0.250. The molecule has 9 heavy (non-hydrogen) atoms. The summed E-state index contributed by atoms with van der Waals surface area (Å²) in [5.74, 6) is 0. The molecular formula is C6H17N2Na. The first kappa shape index (κ1) is 12.6. The summed E-state index contributed by atoms with van der Waals surface area (Å²) in [6.45, 7) is 1.19. The van der Waals surface area contributed by atoms with Gasteiger partial charge in [-0.25, -0.2) is 0 Å². The van der Waals surface area contributed by atoms with Gasteiger partial charge >= 0.3 is 29.6 Å². The molecule has 0 aromatic carbocycles. The topological polar surface area (TPSA) is 52.0 Å². The van der Waals surface area contributed by atoms with Crippen LogP contribution in [0.25, 0.3) is 0 Å². The molecule has 1 saturated carbocycles. The van der Waals surface area contributed by atoms with Crippen molar-refractivity contribution in [2.75, 3.05) is 13.1 Å². The zero-order chi connectivity index (χ0) is 6.24. The van der Waals surface area contributed by atoms with Crippen LogP contribution < -0.4 is 11.5 Å². The second-order valence-corrected chi connectivity index (χ2v) is 1.99. The Balaban J connectivity index is 0. The van der Waals surface area contributed by atoms with Crippen LogP contribution in [0.15, 0.2) is 0 Å². The molecular weight excluding hydrogens is 123 g/mol. The molecule has 0 aromatic rings. The predicted octanol–water partition coefficient (Wildman–Crippen LogP) is -0.184. The first-order valence-corrected chi connectivity index (χ1v) is 3.32. The third-order valence-electron chi connectivity index (χ3n) is 1.17. The Morgan fingerprint density at radius 2 is 1.00 bits per heavy atom. The van der Waals surface area contributed by atoms with Crippen LogP contribution in [0.1, 0.15) is 25.7 Å². The van der Waals surface area contributed by atoms with E-state index in [9.17, 15) is 0 Å². The Kier molecular flexibility index (Phi) is 16.3. The summed E-state index contributed by atoms with van der Waals surface area (Å²) in [6, 6.07) is 0. The van der Waals surface area contributed by atoms with Gasteiger partial charge < -0.3 is 11.5 Å². The second kappa shape index (κ2) is 11.7. The molecule has 1 fully saturated rings. The number of nitrogens with two attached hydrogens (primary N) is 2. The van der Waals surface area contributed by atoms with Gasteiger partial charge in [0.15, 0.2) is 0 Å². The minimum atomic E-state index is 0. The van der Waals surface area contributed by atoms with Gasteiger partial charge in [0.25, 0.3) is 0 Å². The summed E-state index contributed by atoms with van der Waals surface area (Å²) < 4.78 is 0. The van der Waals surface area contributed by atoms with E-state index in [1.165, 1.54) is 25.7 Å². The van der Waals surface area contributed by atoms with Crippen LogP contribution in [-0.2, 0) is 0 Å². The molecule has 0 bridgehead atoms. The van der Waals surface area contributed by atoms with E-state index in [-0.39, 0.29) is 29.6 Å². The quantitative estimate of drug-likeness (QED) is 0.496. The monoisotopic (exact) mass is 140 g/mol. The summed E-state index contributed by atoms with van der Waals surface area (Å²) in [5.41, 5.74) is 9.81. The van der Waals surface area contributed by atoms with Crippen molar-refractivity contribution in [3.8, 4) is 0 Å². The summed E-state index contributed by atoms with van der Waals surface area (Å²) >= 11 is 0. The first-order valence-electron chi connectivity index (χ1n) is 3.32. The number of rotatable bonds is 1. The van der Waals surface area contributed by atoms with E-state index in [1.54, 1.807) is 0 Å². The van der Waals surface area contributed by atoms with E-state index in [0.29, 0.717) is 13.1 Å². The summed E-state index contributed by atoms with van der Waals surface area (Å²) in [4.78, 5) is 0. The normalized spacial score (nSPS) is 14.0. The maximum absolute atomic E-state index is 4.90. The molecule has 0 saturated heterocycles. The molecule has 1 aliphatic rings. The van der Waals surface area contributed by atoms with E-state index in [4.69, 9.17) is 11.5 Å². The summed E-state index contributed by atoms with van der Waals surface area (Å²) in [7, 11) is 0. The van der Waals surface area contributed by atoms with Gasteiger partial charge in [-0.05, 0) is 0 Å². The predicted molar refractivity (Wildman–Crippen MR) is 43.7 cm³/mol. The van der Waals surface area contributed by atoms with Crippen molar-refractivity contribution < 1.29 is 0 Å². The SMILES string of the molecule is C1CCC1.NCCN.[NaH]. The van der Waals surface area contributed by atoms with Crippen LogP contribution in [0.4, 0.5) is 0 Å². The van der Waals surface area contributed by atoms with Gasteiger partial charge in [-0.3, -0.25) is 0 Å². The average Bonchev–Trinajstić information content (AvgIpc) is 1.61. The molecule has 2 nitrogen and oxygen atoms in total. The van der Waals surface area contributed by atoms with Gasteiger partial charge in [0.05, 0.1) is 0 Å². The fraction of sp³-hybridized carbons (Fsp3) is 1.00. The number of hydrogen-bond donors (Lipinski definition) is 2. The van der Waals surface area contributed by atoms with Gasteiger partial charge in [0, 0.05) is 13.1 Å². The van der Waals surface area contributed by atoms with Gasteiger partial charge in [0.2, 0.25) is 0 Å². The van der Waals surface area contributed by atoms with Gasteiger partial charge in [-0.2, -0.15) is 0 Å². The molecule has 0 heterocycles. The van der Waals surface area contributed by atoms with Crippen molar-refractivity contribution in [3.63, 3.8) is 0 Å². The average molecular weight is 140 g/mol. The van der Waals surface area contributed by atoms with Crippen LogP contribution in [0.5, 0.6) is 0 Å². The van der Waals surface area contributed by atoms with Crippen molar-refractivity contribution in [1.82, 2.24) is 0 Å². The zero-order valence-corrected chi connectivity index (χ0v) is 5.40. The minimum absolute atomic E-state index is 0. The molecule has 0 unspecified atom stereocenters. The standard InChI is InChI=1S/C4H8.C2H8N2.Na.H/c1-2-4-3-1;3-1-2-4;;/h2*1-4H2;;. The van der Waals surface area contributed by atoms with Crippen molar-refractivity contribution >= 4 is 29.6 Å². The molecule has 1 rings (SSSR count). The molecule has 1 aliphatic carbocycles. The van der Waals surface area contributed by atoms with E-state index in [1.807, 2.05) is 0 Å². The summed E-state index contributed by atoms with van der Waals surface area (Å²) in [6.07, 6.45) is 6.00. The molecule has 4 N–H and O–H groups in total. The van der Waals surface area contributed by atoms with Crippen molar-refractivity contribution in [2.24, 2.45) is 11.5 Å². The van der Waals surface area contributed by atoms with Crippen molar-refractivity contribution in [3.05, 3.63) is 0 Å². The van der Waals surface area contributed by atoms with Crippen LogP contribution in [0.3, 0.4) is 0 Å². The van der Waals surface area contributed by atoms with E-state index in [2.05, 4.69) is 0 Å². The molecule has 52 valence electrons. The molecule has 3 heteroatoms. The second-order valence-electron chi connectivity index (χ2n) is 1.99. The van der Waals surface area contributed by atoms with E-state index in [0.717, 1.165) is 0 Å². The third kappa shape index (κ3) is 12.2. The van der Waals surface area contributed by atoms with Gasteiger partial charge in [-0.15, -0.1) is 0 Å². The third-order valence-corrected chi connectivity index (χ3v) is 1.17. The van der Waals surface area contributed by atoms with E-state index < -0.39 is 0 Å². The van der Waals surface area contributed by atoms with Gasteiger partial charge in [0.1, 0.15) is 0 Å². The molecule has 0 atom stereocenters. The number of hydrogen-bond acceptors (Lipinski definition) is 2. The Morgan fingerprint density at radius 3 is 1.00 bits per heavy atom. The Labute approximate surface area is 79.7 Å². The van der Waals surface area contributed by atoms with Crippen LogP contribution in [0, 0.1) is 0 Å². The molecule has 0 aliphatic heterocycles. The first-order chi connectivity index (χ1) is 3.91. The molecule has 0 spiro atoms. The zero-order valence-electron chi connectivity index (χ0n) is 5.40. The Morgan fingerprint density at radius 1 is 0.778 bits per heavy atom. The Hall–Kier alpha value is 0.920. The van der Waals surface area contributed by atoms with E-state index >= 15 is 0 Å². The van der Waals surface area contributed by atoms with Crippen LogP contribution >= 0.6 is 0 Å². The van der Waals surface area contributed by atoms with Crippen molar-refractivity contribution in [2.45, 2.75) is 25.7 Å². The summed E-state index contributed by atoms with van der Waals surface area (Å²) in [5, 5.41) is 0. The van der Waals surface area contributed by atoms with Gasteiger partial charge in [-0.1, -0.05) is 25.7 Å². The van der Waals surface area contributed by atoms with Crippen LogP contribution in [0.2, 0.25) is 0 Å². The fourth-order valence-electron chi connectivity index (χ4n) is 0.250. The maximum atomic E-state index is 4.90. The van der Waals surface area contributed by atoms with Crippen molar-refractivity contribution in [1.29, 1.82) is 0 Å². The Bertz CT molecular complexity index is 32.0. The van der Waals surface area contributed by atoms with Crippen LogP contribution in [-0.4, -0.2) is 42.6 Å². The molecule has 0 aromatic heterocycles. The molecule has 0 amide bonds. The molecule has 0 radical (unpaired) electrons.